The van der Waals surface area contributed by atoms with Gasteiger partial charge in [0, 0.05) is 25.7 Å². The van der Waals surface area contributed by atoms with Crippen LogP contribution >= 0.6 is 0 Å². The van der Waals surface area contributed by atoms with Crippen molar-refractivity contribution in [3.8, 4) is 0 Å². The van der Waals surface area contributed by atoms with Crippen molar-refractivity contribution in [2.75, 3.05) is 19.6 Å². The SMILES string of the molecule is C[C@H]1CN(C(=O)c2ccco2)CCN1C(=O)OC(C)(C)C. The molecule has 1 aromatic heterocycles. The van der Waals surface area contributed by atoms with Gasteiger partial charge in [0.2, 0.25) is 0 Å². The Labute approximate surface area is 124 Å². The fraction of sp³-hybridized carbons (Fsp3) is 0.600. The Bertz CT molecular complexity index is 504. The number of ether oxygens (including phenoxy) is 1. The van der Waals surface area contributed by atoms with Crippen LogP contribution in [0.2, 0.25) is 0 Å². The van der Waals surface area contributed by atoms with E-state index in [1.165, 1.54) is 6.26 Å². The third kappa shape index (κ3) is 3.77. The molecule has 0 unspecified atom stereocenters. The molecule has 0 aromatic carbocycles. The van der Waals surface area contributed by atoms with Gasteiger partial charge >= 0.3 is 6.09 Å². The molecular weight excluding hydrogens is 272 g/mol. The van der Waals surface area contributed by atoms with Crippen LogP contribution in [0.3, 0.4) is 0 Å². The number of amides is 2. The third-order valence-corrected chi connectivity index (χ3v) is 3.27. The molecule has 0 N–H and O–H groups in total. The predicted octanol–water partition coefficient (Wildman–Crippen LogP) is 2.36. The molecule has 2 heterocycles. The van der Waals surface area contributed by atoms with Crippen LogP contribution in [0.15, 0.2) is 22.8 Å². The molecule has 0 saturated carbocycles. The van der Waals surface area contributed by atoms with E-state index in [0.29, 0.717) is 25.4 Å². The second kappa shape index (κ2) is 5.79. The summed E-state index contributed by atoms with van der Waals surface area (Å²) in [5.41, 5.74) is -0.516. The zero-order chi connectivity index (χ0) is 15.6. The van der Waals surface area contributed by atoms with E-state index in [2.05, 4.69) is 0 Å². The zero-order valence-corrected chi connectivity index (χ0v) is 13.0. The van der Waals surface area contributed by atoms with Gasteiger partial charge in [0.15, 0.2) is 5.76 Å². The van der Waals surface area contributed by atoms with Gasteiger partial charge in [-0.3, -0.25) is 4.79 Å². The lowest BCUT2D eigenvalue weighted by Crippen LogP contribution is -2.56. The van der Waals surface area contributed by atoms with Crippen LogP contribution in [0.5, 0.6) is 0 Å². The minimum atomic E-state index is -0.516. The highest BCUT2D eigenvalue weighted by Crippen LogP contribution is 2.17. The maximum Gasteiger partial charge on any atom is 0.410 e. The van der Waals surface area contributed by atoms with E-state index in [0.717, 1.165) is 0 Å². The second-order valence-corrected chi connectivity index (χ2v) is 6.25. The van der Waals surface area contributed by atoms with Crippen molar-refractivity contribution < 1.29 is 18.7 Å². The zero-order valence-electron chi connectivity index (χ0n) is 13.0. The summed E-state index contributed by atoms with van der Waals surface area (Å²) in [7, 11) is 0. The van der Waals surface area contributed by atoms with Gasteiger partial charge < -0.3 is 19.0 Å². The van der Waals surface area contributed by atoms with Crippen molar-refractivity contribution >= 4 is 12.0 Å². The number of furan rings is 1. The normalized spacial score (nSPS) is 19.5. The molecule has 21 heavy (non-hydrogen) atoms. The molecule has 2 rings (SSSR count). The minimum absolute atomic E-state index is 0.0903. The fourth-order valence-corrected chi connectivity index (χ4v) is 2.29. The molecular formula is C15H22N2O4. The number of hydrogen-bond acceptors (Lipinski definition) is 4. The van der Waals surface area contributed by atoms with Crippen molar-refractivity contribution in [1.82, 2.24) is 9.80 Å². The number of rotatable bonds is 1. The van der Waals surface area contributed by atoms with Crippen LogP contribution < -0.4 is 0 Å². The minimum Gasteiger partial charge on any atom is -0.459 e. The van der Waals surface area contributed by atoms with Crippen LogP contribution in [0.4, 0.5) is 4.79 Å². The highest BCUT2D eigenvalue weighted by Gasteiger charge is 2.33. The van der Waals surface area contributed by atoms with Gasteiger partial charge in [0.05, 0.1) is 6.26 Å². The van der Waals surface area contributed by atoms with Gasteiger partial charge in [-0.1, -0.05) is 0 Å². The first-order valence-corrected chi connectivity index (χ1v) is 7.10. The largest absolute Gasteiger partial charge is 0.459 e. The highest BCUT2D eigenvalue weighted by atomic mass is 16.6. The first-order chi connectivity index (χ1) is 9.78. The number of piperazine rings is 1. The van der Waals surface area contributed by atoms with Gasteiger partial charge in [-0.15, -0.1) is 0 Å². The molecule has 1 saturated heterocycles. The standard InChI is InChI=1S/C15H22N2O4/c1-11-10-16(13(18)12-6-5-9-20-12)7-8-17(11)14(19)21-15(2,3)4/h5-6,9,11H,7-8,10H2,1-4H3/t11-/m0/s1. The number of carbonyl (C=O) groups is 2. The monoisotopic (exact) mass is 294 g/mol. The Kier molecular flexibility index (Phi) is 4.25. The summed E-state index contributed by atoms with van der Waals surface area (Å²) in [6.07, 6.45) is 1.15. The van der Waals surface area contributed by atoms with Crippen LogP contribution in [0.25, 0.3) is 0 Å². The number of hydrogen-bond donors (Lipinski definition) is 0. The molecule has 0 radical (unpaired) electrons. The summed E-state index contributed by atoms with van der Waals surface area (Å²) in [6, 6.07) is 3.24. The number of carbonyl (C=O) groups excluding carboxylic acids is 2. The molecule has 6 heteroatoms. The lowest BCUT2D eigenvalue weighted by atomic mass is 10.2. The van der Waals surface area contributed by atoms with E-state index >= 15 is 0 Å². The quantitative estimate of drug-likeness (QED) is 0.797. The average molecular weight is 294 g/mol. The van der Waals surface area contributed by atoms with E-state index in [9.17, 15) is 9.59 Å². The van der Waals surface area contributed by atoms with E-state index in [-0.39, 0.29) is 18.0 Å². The Morgan fingerprint density at radius 2 is 2.05 bits per heavy atom. The van der Waals surface area contributed by atoms with Crippen LogP contribution in [-0.4, -0.2) is 53.1 Å². The first kappa shape index (κ1) is 15.4. The van der Waals surface area contributed by atoms with Gasteiger partial charge in [-0.2, -0.15) is 0 Å². The fourth-order valence-electron chi connectivity index (χ4n) is 2.29. The first-order valence-electron chi connectivity index (χ1n) is 7.10. The summed E-state index contributed by atoms with van der Waals surface area (Å²) in [5, 5.41) is 0. The van der Waals surface area contributed by atoms with Crippen LogP contribution in [-0.2, 0) is 4.74 Å². The maximum absolute atomic E-state index is 12.2. The molecule has 0 spiro atoms. The van der Waals surface area contributed by atoms with E-state index < -0.39 is 5.60 Å². The maximum atomic E-state index is 12.2. The molecule has 116 valence electrons. The van der Waals surface area contributed by atoms with E-state index in [1.54, 1.807) is 21.9 Å². The highest BCUT2D eigenvalue weighted by molar-refractivity contribution is 5.91. The van der Waals surface area contributed by atoms with Crippen LogP contribution in [0.1, 0.15) is 38.2 Å². The number of nitrogens with zero attached hydrogens (tertiary/aromatic N) is 2. The third-order valence-electron chi connectivity index (χ3n) is 3.27. The lowest BCUT2D eigenvalue weighted by Gasteiger charge is -2.39. The summed E-state index contributed by atoms with van der Waals surface area (Å²) in [6.45, 7) is 8.83. The van der Waals surface area contributed by atoms with Gasteiger partial charge in [-0.05, 0) is 39.8 Å². The van der Waals surface area contributed by atoms with Crippen molar-refractivity contribution in [2.24, 2.45) is 0 Å². The molecule has 1 fully saturated rings. The smallest absolute Gasteiger partial charge is 0.410 e. The van der Waals surface area contributed by atoms with Crippen molar-refractivity contribution in [1.29, 1.82) is 0 Å². The molecule has 2 amide bonds. The molecule has 1 aromatic rings. The topological polar surface area (TPSA) is 63.0 Å². The van der Waals surface area contributed by atoms with E-state index in [4.69, 9.17) is 9.15 Å². The predicted molar refractivity (Wildman–Crippen MR) is 77.0 cm³/mol. The average Bonchev–Trinajstić information content (AvgIpc) is 2.89. The Morgan fingerprint density at radius 1 is 1.33 bits per heavy atom. The Hall–Kier alpha value is -1.98. The summed E-state index contributed by atoms with van der Waals surface area (Å²) in [5.74, 6) is 0.184. The molecule has 0 bridgehead atoms. The Morgan fingerprint density at radius 3 is 2.57 bits per heavy atom. The van der Waals surface area contributed by atoms with Crippen LogP contribution in [0, 0.1) is 0 Å². The summed E-state index contributed by atoms with van der Waals surface area (Å²) in [4.78, 5) is 27.7. The van der Waals surface area contributed by atoms with Gasteiger partial charge in [0.25, 0.3) is 5.91 Å². The second-order valence-electron chi connectivity index (χ2n) is 6.25. The molecule has 1 aliphatic rings. The molecule has 1 aliphatic heterocycles. The van der Waals surface area contributed by atoms with Crippen molar-refractivity contribution in [3.63, 3.8) is 0 Å². The van der Waals surface area contributed by atoms with E-state index in [1.807, 2.05) is 27.7 Å². The summed E-state index contributed by atoms with van der Waals surface area (Å²) < 4.78 is 10.5. The Balaban J connectivity index is 1.96. The molecule has 6 nitrogen and oxygen atoms in total. The lowest BCUT2D eigenvalue weighted by molar-refractivity contribution is 0.00156. The summed E-state index contributed by atoms with van der Waals surface area (Å²) >= 11 is 0. The van der Waals surface area contributed by atoms with Crippen molar-refractivity contribution in [3.05, 3.63) is 24.2 Å². The van der Waals surface area contributed by atoms with Gasteiger partial charge in [0.1, 0.15) is 5.60 Å². The molecule has 0 aliphatic carbocycles. The molecule has 1 atom stereocenters. The van der Waals surface area contributed by atoms with Crippen molar-refractivity contribution in [2.45, 2.75) is 39.3 Å². The van der Waals surface area contributed by atoms with Gasteiger partial charge in [-0.25, -0.2) is 4.79 Å².